The number of anilines is 2. The van der Waals surface area contributed by atoms with Gasteiger partial charge >= 0.3 is 0 Å². The van der Waals surface area contributed by atoms with Crippen LogP contribution in [0.4, 0.5) is 10.9 Å². The van der Waals surface area contributed by atoms with Crippen molar-refractivity contribution in [2.24, 2.45) is 11.3 Å². The van der Waals surface area contributed by atoms with Gasteiger partial charge in [0.2, 0.25) is 17.7 Å². The van der Waals surface area contributed by atoms with Crippen molar-refractivity contribution in [2.45, 2.75) is 117 Å². The van der Waals surface area contributed by atoms with Crippen molar-refractivity contribution in [3.8, 4) is 21.6 Å². The Bertz CT molecular complexity index is 3870. The predicted molar refractivity (Wildman–Crippen MR) is 325 cm³/mol. The van der Waals surface area contributed by atoms with Gasteiger partial charge in [-0.3, -0.25) is 34.0 Å². The van der Waals surface area contributed by atoms with Crippen LogP contribution < -0.4 is 25.6 Å². The van der Waals surface area contributed by atoms with Crippen molar-refractivity contribution < 1.29 is 37.5 Å². The summed E-state index contributed by atoms with van der Waals surface area (Å²) in [5, 5.41) is 24.6. The summed E-state index contributed by atoms with van der Waals surface area (Å²) >= 11 is 2.94. The molecular formula is C62H67N11O8S3. The number of hydrogen-bond acceptors (Lipinski definition) is 15. The molecule has 5 N–H and O–H groups in total. The summed E-state index contributed by atoms with van der Waals surface area (Å²) in [5.74, 6) is -1.93. The Morgan fingerprint density at radius 2 is 1.61 bits per heavy atom. The fourth-order valence-electron chi connectivity index (χ4n) is 10.7. The van der Waals surface area contributed by atoms with Gasteiger partial charge in [-0.2, -0.15) is 5.10 Å². The Labute approximate surface area is 496 Å². The van der Waals surface area contributed by atoms with Gasteiger partial charge in [0, 0.05) is 67.9 Å². The first-order valence-corrected chi connectivity index (χ1v) is 31.1. The molecule has 0 radical (unpaired) electrons. The van der Waals surface area contributed by atoms with E-state index in [0.29, 0.717) is 52.7 Å². The van der Waals surface area contributed by atoms with E-state index in [4.69, 9.17) is 4.98 Å². The zero-order chi connectivity index (χ0) is 59.6. The number of pyridine rings is 1. The summed E-state index contributed by atoms with van der Waals surface area (Å²) < 4.78 is 33.3. The zero-order valence-electron chi connectivity index (χ0n) is 47.8. The molecule has 1 saturated heterocycles. The molecule has 2 aliphatic rings. The molecule has 436 valence electrons. The van der Waals surface area contributed by atoms with Crippen molar-refractivity contribution in [2.75, 3.05) is 23.3 Å². The number of para-hydroxylation sites is 1. The first kappa shape index (κ1) is 59.0. The molecule has 5 amide bonds. The molecule has 0 saturated carbocycles. The topological polar surface area (TPSA) is 251 Å². The third-order valence-corrected chi connectivity index (χ3v) is 18.5. The third kappa shape index (κ3) is 13.1. The number of nitrogens with one attached hydrogen (secondary N) is 4. The largest absolute Gasteiger partial charge is 0.391 e. The number of β-amino-alcohol motifs (C(OH)–C–C–N with tert-alkyl or cyclic N) is 1. The number of sulfonamides is 1. The number of fused-ring (bicyclic) bond motifs is 2. The summed E-state index contributed by atoms with van der Waals surface area (Å²) in [7, 11) is -4.49. The van der Waals surface area contributed by atoms with E-state index in [1.807, 2.05) is 105 Å². The predicted octanol–water partition coefficient (Wildman–Crippen LogP) is 8.63. The number of aliphatic hydroxyl groups is 1. The molecule has 1 fully saturated rings. The maximum Gasteiger partial charge on any atom is 0.284 e. The van der Waals surface area contributed by atoms with Gasteiger partial charge in [-0.05, 0) is 108 Å². The summed E-state index contributed by atoms with van der Waals surface area (Å²) in [4.78, 5) is 87.9. The second-order valence-electron chi connectivity index (χ2n) is 22.9. The van der Waals surface area contributed by atoms with E-state index in [0.717, 1.165) is 48.7 Å². The van der Waals surface area contributed by atoms with Crippen molar-refractivity contribution in [3.63, 3.8) is 0 Å². The molecule has 0 unspecified atom stereocenters. The lowest BCUT2D eigenvalue weighted by molar-refractivity contribution is -0.144. The van der Waals surface area contributed by atoms with E-state index in [9.17, 15) is 37.5 Å². The van der Waals surface area contributed by atoms with Crippen molar-refractivity contribution in [3.05, 3.63) is 160 Å². The zero-order valence-corrected chi connectivity index (χ0v) is 50.3. The molecule has 0 aliphatic carbocycles. The minimum absolute atomic E-state index is 0.0457. The van der Waals surface area contributed by atoms with E-state index in [1.54, 1.807) is 53.4 Å². The maximum atomic E-state index is 14.5. The van der Waals surface area contributed by atoms with Crippen LogP contribution in [0.15, 0.2) is 120 Å². The Morgan fingerprint density at radius 1 is 0.857 bits per heavy atom. The number of aromatic nitrogens is 5. The lowest BCUT2D eigenvalue weighted by atomic mass is 9.85. The van der Waals surface area contributed by atoms with Gasteiger partial charge in [0.15, 0.2) is 5.13 Å². The third-order valence-electron chi connectivity index (χ3n) is 15.2. The molecule has 10 rings (SSSR count). The van der Waals surface area contributed by atoms with Crippen molar-refractivity contribution in [1.82, 2.24) is 45.0 Å². The molecule has 0 spiro atoms. The number of aliphatic hydroxyl groups excluding tert-OH is 1. The van der Waals surface area contributed by atoms with Crippen LogP contribution in [0.25, 0.3) is 31.8 Å². The van der Waals surface area contributed by atoms with Crippen LogP contribution >= 0.6 is 22.7 Å². The summed E-state index contributed by atoms with van der Waals surface area (Å²) in [6.45, 7) is 15.0. The Balaban J connectivity index is 0.798. The number of carbonyl (C=O) groups excluding carboxylic acids is 5. The van der Waals surface area contributed by atoms with Crippen molar-refractivity contribution in [1.29, 1.82) is 0 Å². The molecule has 84 heavy (non-hydrogen) atoms. The first-order chi connectivity index (χ1) is 40.1. The average Bonchev–Trinajstić information content (AvgIpc) is 2.98. The highest BCUT2D eigenvalue weighted by Gasteiger charge is 2.44. The van der Waals surface area contributed by atoms with Crippen LogP contribution in [0, 0.1) is 25.2 Å². The molecule has 22 heteroatoms. The highest BCUT2D eigenvalue weighted by molar-refractivity contribution is 7.90. The molecule has 19 nitrogen and oxygen atoms in total. The standard InChI is InChI=1S/C62H67N11O8S3/c1-36(2)32-73-38(4)47(31-65-73)45-24-25-52(71-28-27-41-11-10-12-46(48(41)34-71)57(76)69-61-66-49-13-8-9-14-51(49)83-61)67-54(45)59(78)70-84(80,81)44-22-17-39(18-23-44)19-26-53(75)68-56(62(5,6)7)60(79)72-33-43(74)29-50(72)58(77)63-30-40-15-20-42(21-16-40)55-37(3)64-35-82-55/h8-18,20-25,31,35-36,43,50,56,74H,19,26-30,32-34H2,1-7H3,(H,63,77)(H,68,75)(H,70,78)(H,66,69,76)/t43-,50+,56-/m1/s1. The normalized spacial score (nSPS) is 15.7. The quantitative estimate of drug-likeness (QED) is 0.0540. The number of rotatable bonds is 18. The first-order valence-electron chi connectivity index (χ1n) is 27.9. The van der Waals surface area contributed by atoms with Gasteiger partial charge in [0.25, 0.3) is 21.8 Å². The molecule has 3 atom stereocenters. The molecule has 0 bridgehead atoms. The Morgan fingerprint density at radius 3 is 2.32 bits per heavy atom. The van der Waals surface area contributed by atoms with Gasteiger partial charge in [-0.15, -0.1) is 11.3 Å². The second-order valence-corrected chi connectivity index (χ2v) is 26.4. The number of hydrogen-bond donors (Lipinski definition) is 5. The number of amides is 5. The number of thiazole rings is 2. The molecule has 4 aromatic carbocycles. The fourth-order valence-corrected chi connectivity index (χ4v) is 13.3. The minimum Gasteiger partial charge on any atom is -0.391 e. The van der Waals surface area contributed by atoms with Gasteiger partial charge in [-0.25, -0.2) is 28.1 Å². The minimum atomic E-state index is -4.49. The van der Waals surface area contributed by atoms with E-state index < -0.39 is 57.3 Å². The summed E-state index contributed by atoms with van der Waals surface area (Å²) in [6, 6.07) is 28.5. The molecule has 8 aromatic rings. The smallest absolute Gasteiger partial charge is 0.284 e. The van der Waals surface area contributed by atoms with Crippen molar-refractivity contribution >= 4 is 83.4 Å². The van der Waals surface area contributed by atoms with Crippen LogP contribution in [0.1, 0.15) is 102 Å². The van der Waals surface area contributed by atoms with Crippen LogP contribution in [0.2, 0.25) is 0 Å². The highest BCUT2D eigenvalue weighted by atomic mass is 32.2. The lowest BCUT2D eigenvalue weighted by Gasteiger charge is -2.35. The molecule has 6 heterocycles. The van der Waals surface area contributed by atoms with Crippen LogP contribution in [-0.4, -0.2) is 104 Å². The number of nitrogens with zero attached hydrogens (tertiary/aromatic N) is 7. The van der Waals surface area contributed by atoms with Crippen LogP contribution in [0.3, 0.4) is 0 Å². The number of carbonyl (C=O) groups is 5. The number of likely N-dealkylation sites (tertiary alicyclic amines) is 1. The van der Waals surface area contributed by atoms with Gasteiger partial charge < -0.3 is 25.5 Å². The van der Waals surface area contributed by atoms with Gasteiger partial charge in [0.1, 0.15) is 23.6 Å². The monoisotopic (exact) mass is 1190 g/mol. The number of benzene rings is 4. The Hall–Kier alpha value is -8.18. The van der Waals surface area contributed by atoms with Crippen LogP contribution in [0.5, 0.6) is 0 Å². The summed E-state index contributed by atoms with van der Waals surface area (Å²) in [6.07, 6.45) is 1.46. The highest BCUT2D eigenvalue weighted by Crippen LogP contribution is 2.34. The average molecular weight is 1190 g/mol. The molecule has 4 aromatic heterocycles. The second kappa shape index (κ2) is 24.6. The fraction of sp³-hybridized carbons (Fsp3) is 0.339. The van der Waals surface area contributed by atoms with E-state index in [2.05, 4.69) is 49.6 Å². The van der Waals surface area contributed by atoms with E-state index >= 15 is 0 Å². The SMILES string of the molecule is Cc1ncsc1-c1ccc(CNC(=O)[C@@H]2C[C@@H](O)CN2C(=O)[C@@H](NC(=O)CCc2ccc(S(=O)(=O)NC(=O)c3nc(N4CCc5cccc(C(=O)Nc6nc7ccccc7s6)c5C4)ccc3-c3cnn(CC(C)C)c3C)cc2)C(C)(C)C)cc1. The molecular weight excluding hydrogens is 1120 g/mol. The summed E-state index contributed by atoms with van der Waals surface area (Å²) in [5.41, 5.74) is 9.16. The van der Waals surface area contributed by atoms with Gasteiger partial charge in [0.05, 0.1) is 43.5 Å². The molecule has 2 aliphatic heterocycles. The Kier molecular flexibility index (Phi) is 17.3. The number of aryl methyl sites for hydroxylation is 2. The lowest BCUT2D eigenvalue weighted by Crippen LogP contribution is -2.57. The van der Waals surface area contributed by atoms with Gasteiger partial charge in [-0.1, -0.05) is 107 Å². The maximum absolute atomic E-state index is 14.5. The van der Waals surface area contributed by atoms with E-state index in [-0.39, 0.29) is 61.3 Å². The van der Waals surface area contributed by atoms with Crippen LogP contribution in [-0.2, 0) is 56.9 Å². The van der Waals surface area contributed by atoms with E-state index in [1.165, 1.54) is 28.4 Å².